The summed E-state index contributed by atoms with van der Waals surface area (Å²) in [6, 6.07) is 0. The maximum Gasteiger partial charge on any atom is 0.474 e. The van der Waals surface area contributed by atoms with E-state index in [1.54, 1.807) is 0 Å². The molecule has 0 aromatic heterocycles. The third-order valence-corrected chi connectivity index (χ3v) is 3.89. The number of phosphoric acid groups is 1. The van der Waals surface area contributed by atoms with Crippen LogP contribution in [0, 0.1) is 0 Å². The molecule has 5 atom stereocenters. The first-order valence-corrected chi connectivity index (χ1v) is 6.54. The zero-order chi connectivity index (χ0) is 13.9. The number of rotatable bonds is 5. The molecule has 0 aromatic carbocycles. The van der Waals surface area contributed by atoms with Crippen molar-refractivity contribution < 1.29 is 43.3 Å². The van der Waals surface area contributed by atoms with Crippen LogP contribution in [0.5, 0.6) is 0 Å². The third-order valence-electron chi connectivity index (χ3n) is 2.53. The molecule has 18 heavy (non-hydrogen) atoms. The van der Waals surface area contributed by atoms with Crippen LogP contribution in [0.1, 0.15) is 0 Å². The Hall–Kier alpha value is -0.0900. The zero-order valence-corrected chi connectivity index (χ0v) is 10.8. The van der Waals surface area contributed by atoms with Crippen LogP contribution in [0.2, 0.25) is 0 Å². The van der Waals surface area contributed by atoms with Gasteiger partial charge in [0.15, 0.2) is 6.29 Å². The Labute approximate surface area is 103 Å². The average molecular weight is 288 g/mol. The Balaban J connectivity index is 2.59. The second-order valence-corrected chi connectivity index (χ2v) is 5.53. The van der Waals surface area contributed by atoms with Gasteiger partial charge in [-0.3, -0.25) is 13.6 Å². The molecule has 1 saturated heterocycles. The second-order valence-electron chi connectivity index (χ2n) is 3.65. The lowest BCUT2D eigenvalue weighted by Crippen LogP contribution is -2.58. The van der Waals surface area contributed by atoms with Crippen molar-refractivity contribution in [3.8, 4) is 0 Å². The highest BCUT2D eigenvalue weighted by Gasteiger charge is 2.44. The lowest BCUT2D eigenvalue weighted by molar-refractivity contribution is -0.285. The molecule has 0 saturated carbocycles. The molecule has 0 spiro atoms. The molecule has 0 radical (unpaired) electrons. The molecule has 1 aliphatic heterocycles. The van der Waals surface area contributed by atoms with Crippen molar-refractivity contribution in [1.29, 1.82) is 0 Å². The van der Waals surface area contributed by atoms with E-state index in [4.69, 9.17) is 9.26 Å². The van der Waals surface area contributed by atoms with Crippen LogP contribution >= 0.6 is 7.82 Å². The highest BCUT2D eigenvalue weighted by Crippen LogP contribution is 2.47. The van der Waals surface area contributed by atoms with E-state index in [1.165, 1.54) is 0 Å². The SMILES string of the molecule is COP(=O)(OC)OCC1O[C@H](O)C(O)[C@@H](O)[C@@H]1O. The maximum atomic E-state index is 11.5. The summed E-state index contributed by atoms with van der Waals surface area (Å²) in [5, 5.41) is 37.4. The number of phosphoric ester groups is 1. The van der Waals surface area contributed by atoms with Crippen LogP contribution in [-0.2, 0) is 22.9 Å². The maximum absolute atomic E-state index is 11.5. The smallest absolute Gasteiger partial charge is 0.387 e. The Morgan fingerprint density at radius 1 is 1.06 bits per heavy atom. The molecule has 0 bridgehead atoms. The van der Waals surface area contributed by atoms with Crippen molar-refractivity contribution in [3.05, 3.63) is 0 Å². The van der Waals surface area contributed by atoms with Crippen molar-refractivity contribution in [2.75, 3.05) is 20.8 Å². The molecule has 1 fully saturated rings. The molecule has 0 amide bonds. The van der Waals surface area contributed by atoms with Gasteiger partial charge in [-0.1, -0.05) is 0 Å². The second kappa shape index (κ2) is 6.38. The van der Waals surface area contributed by atoms with Crippen LogP contribution in [0.4, 0.5) is 0 Å². The summed E-state index contributed by atoms with van der Waals surface area (Å²) >= 11 is 0. The molecule has 9 nitrogen and oxygen atoms in total. The van der Waals surface area contributed by atoms with Crippen LogP contribution in [-0.4, -0.2) is 72.0 Å². The summed E-state index contributed by atoms with van der Waals surface area (Å²) in [5.41, 5.74) is 0. The van der Waals surface area contributed by atoms with Gasteiger partial charge >= 0.3 is 7.82 Å². The van der Waals surface area contributed by atoms with Gasteiger partial charge in [0.2, 0.25) is 0 Å². The predicted molar refractivity (Wildman–Crippen MR) is 56.5 cm³/mol. The number of hydrogen-bond donors (Lipinski definition) is 4. The summed E-state index contributed by atoms with van der Waals surface area (Å²) in [7, 11) is -1.53. The molecular formula is C8H17O9P. The van der Waals surface area contributed by atoms with Crippen LogP contribution < -0.4 is 0 Å². The van der Waals surface area contributed by atoms with Gasteiger partial charge in [-0.2, -0.15) is 0 Å². The highest BCUT2D eigenvalue weighted by molar-refractivity contribution is 7.48. The van der Waals surface area contributed by atoms with Gasteiger partial charge in [-0.05, 0) is 0 Å². The van der Waals surface area contributed by atoms with Gasteiger partial charge in [0.1, 0.15) is 24.4 Å². The molecule has 1 rings (SSSR count). The lowest BCUT2D eigenvalue weighted by atomic mass is 10.00. The Bertz CT molecular complexity index is 303. The monoisotopic (exact) mass is 288 g/mol. The largest absolute Gasteiger partial charge is 0.474 e. The normalized spacial score (nSPS) is 37.8. The first kappa shape index (κ1) is 16.0. The topological polar surface area (TPSA) is 135 Å². The van der Waals surface area contributed by atoms with Crippen molar-refractivity contribution in [2.45, 2.75) is 30.7 Å². The molecule has 4 N–H and O–H groups in total. The quantitative estimate of drug-likeness (QED) is 0.432. The molecule has 10 heteroatoms. The molecular weight excluding hydrogens is 271 g/mol. The Kier molecular flexibility index (Phi) is 5.66. The summed E-state index contributed by atoms with van der Waals surface area (Å²) in [6.45, 7) is -0.457. The fourth-order valence-electron chi connectivity index (χ4n) is 1.41. The van der Waals surface area contributed by atoms with Crippen molar-refractivity contribution in [2.24, 2.45) is 0 Å². The fourth-order valence-corrected chi connectivity index (χ4v) is 2.10. The van der Waals surface area contributed by atoms with Crippen molar-refractivity contribution in [1.82, 2.24) is 0 Å². The van der Waals surface area contributed by atoms with Gasteiger partial charge in [-0.15, -0.1) is 0 Å². The van der Waals surface area contributed by atoms with E-state index in [0.29, 0.717) is 0 Å². The van der Waals surface area contributed by atoms with E-state index in [2.05, 4.69) is 9.05 Å². The van der Waals surface area contributed by atoms with E-state index < -0.39 is 45.1 Å². The highest BCUT2D eigenvalue weighted by atomic mass is 31.2. The van der Waals surface area contributed by atoms with E-state index in [-0.39, 0.29) is 0 Å². The number of aliphatic hydroxyl groups excluding tert-OH is 4. The summed E-state index contributed by atoms with van der Waals surface area (Å²) in [5.74, 6) is 0. The third kappa shape index (κ3) is 3.47. The Morgan fingerprint density at radius 3 is 2.11 bits per heavy atom. The molecule has 2 unspecified atom stereocenters. The molecule has 1 heterocycles. The first-order chi connectivity index (χ1) is 8.34. The lowest BCUT2D eigenvalue weighted by Gasteiger charge is -2.38. The van der Waals surface area contributed by atoms with Gasteiger partial charge in [-0.25, -0.2) is 4.57 Å². The minimum atomic E-state index is -3.75. The van der Waals surface area contributed by atoms with Crippen LogP contribution in [0.25, 0.3) is 0 Å². The molecule has 1 aliphatic rings. The minimum Gasteiger partial charge on any atom is -0.387 e. The Morgan fingerprint density at radius 2 is 1.61 bits per heavy atom. The van der Waals surface area contributed by atoms with Crippen LogP contribution in [0.3, 0.4) is 0 Å². The van der Waals surface area contributed by atoms with E-state index >= 15 is 0 Å². The predicted octanol–water partition coefficient (Wildman–Crippen LogP) is -1.80. The van der Waals surface area contributed by atoms with Gasteiger partial charge in [0.05, 0.1) is 6.61 Å². The van der Waals surface area contributed by atoms with Gasteiger partial charge in [0.25, 0.3) is 0 Å². The van der Waals surface area contributed by atoms with Gasteiger partial charge in [0, 0.05) is 14.2 Å². The summed E-state index contributed by atoms with van der Waals surface area (Å²) in [6.07, 6.45) is -7.61. The first-order valence-electron chi connectivity index (χ1n) is 5.08. The summed E-state index contributed by atoms with van der Waals surface area (Å²) in [4.78, 5) is 0. The van der Waals surface area contributed by atoms with Crippen molar-refractivity contribution >= 4 is 7.82 Å². The average Bonchev–Trinajstić information content (AvgIpc) is 2.38. The zero-order valence-electron chi connectivity index (χ0n) is 9.87. The van der Waals surface area contributed by atoms with Crippen LogP contribution in [0.15, 0.2) is 0 Å². The molecule has 0 aliphatic carbocycles. The number of aliphatic hydroxyl groups is 4. The van der Waals surface area contributed by atoms with Gasteiger partial charge < -0.3 is 25.2 Å². The van der Waals surface area contributed by atoms with E-state index in [1.807, 2.05) is 0 Å². The summed E-state index contributed by atoms with van der Waals surface area (Å²) < 4.78 is 30.1. The molecule has 108 valence electrons. The van der Waals surface area contributed by atoms with E-state index in [0.717, 1.165) is 14.2 Å². The minimum absolute atomic E-state index is 0.457. The fraction of sp³-hybridized carbons (Fsp3) is 1.00. The number of hydrogen-bond acceptors (Lipinski definition) is 9. The standard InChI is InChI=1S/C8H17O9P/c1-14-18(13,15-2)16-3-4-5(9)6(10)7(11)8(12)17-4/h4-12H,3H2,1-2H3/t4?,5-,6+,7?,8+/m1/s1. The number of ether oxygens (including phenoxy) is 1. The molecule has 0 aromatic rings. The van der Waals surface area contributed by atoms with Crippen molar-refractivity contribution in [3.63, 3.8) is 0 Å². The van der Waals surface area contributed by atoms with E-state index in [9.17, 15) is 25.0 Å².